The second-order valence-electron chi connectivity index (χ2n) is 8.63. The third kappa shape index (κ3) is 7.45. The number of aromatic nitrogens is 3. The highest BCUT2D eigenvalue weighted by atomic mass is 32.1. The van der Waals surface area contributed by atoms with Crippen LogP contribution in [-0.4, -0.2) is 71.3 Å². The Morgan fingerprint density at radius 1 is 1.14 bits per heavy atom. The molecule has 0 spiro atoms. The van der Waals surface area contributed by atoms with E-state index in [4.69, 9.17) is 9.47 Å². The van der Waals surface area contributed by atoms with Gasteiger partial charge in [-0.05, 0) is 26.3 Å². The Kier molecular flexibility index (Phi) is 8.62. The molecular weight excluding hydrogens is 464 g/mol. The molecule has 0 atom stereocenters. The summed E-state index contributed by atoms with van der Waals surface area (Å²) in [5, 5.41) is 3.79. The van der Waals surface area contributed by atoms with Gasteiger partial charge in [0.25, 0.3) is 0 Å². The van der Waals surface area contributed by atoms with Crippen LogP contribution in [0.3, 0.4) is 0 Å². The van der Waals surface area contributed by atoms with E-state index >= 15 is 0 Å². The summed E-state index contributed by atoms with van der Waals surface area (Å²) < 4.78 is 11.1. The van der Waals surface area contributed by atoms with E-state index in [-0.39, 0.29) is 12.1 Å². The molecule has 35 heavy (non-hydrogen) atoms. The van der Waals surface area contributed by atoms with Gasteiger partial charge in [0.1, 0.15) is 22.3 Å². The molecule has 2 aromatic heterocycles. The number of ether oxygens (including phenoxy) is 2. The fourth-order valence-electron chi connectivity index (χ4n) is 3.74. The monoisotopic (exact) mass is 496 g/mol. The average molecular weight is 497 g/mol. The molecule has 0 saturated carbocycles. The van der Waals surface area contributed by atoms with Gasteiger partial charge in [-0.25, -0.2) is 19.7 Å². The second kappa shape index (κ2) is 12.1. The highest BCUT2D eigenvalue weighted by Crippen LogP contribution is 2.25. The number of nitrogens with one attached hydrogen (secondary N) is 1. The highest BCUT2D eigenvalue weighted by molar-refractivity contribution is 7.17. The zero-order valence-electron chi connectivity index (χ0n) is 20.4. The van der Waals surface area contributed by atoms with Crippen molar-refractivity contribution in [2.24, 2.45) is 0 Å². The number of rotatable bonds is 10. The lowest BCUT2D eigenvalue weighted by atomic mass is 10.2. The lowest BCUT2D eigenvalue weighted by Crippen LogP contribution is -2.47. The Balaban J connectivity index is 1.27. The largest absolute Gasteiger partial charge is 0.459 e. The van der Waals surface area contributed by atoms with Crippen LogP contribution in [0.2, 0.25) is 0 Å². The predicted molar refractivity (Wildman–Crippen MR) is 137 cm³/mol. The number of thiazole rings is 1. The topological polar surface area (TPSA) is 92.7 Å². The summed E-state index contributed by atoms with van der Waals surface area (Å²) in [4.78, 5) is 30.7. The average Bonchev–Trinajstić information content (AvgIpc) is 3.31. The zero-order valence-corrected chi connectivity index (χ0v) is 21.3. The van der Waals surface area contributed by atoms with Gasteiger partial charge in [0, 0.05) is 38.8 Å². The minimum atomic E-state index is -0.367. The van der Waals surface area contributed by atoms with Gasteiger partial charge in [-0.3, -0.25) is 4.90 Å². The predicted octanol–water partition coefficient (Wildman–Crippen LogP) is 3.89. The van der Waals surface area contributed by atoms with E-state index in [1.54, 1.807) is 0 Å². The molecule has 9 nitrogen and oxygen atoms in total. The summed E-state index contributed by atoms with van der Waals surface area (Å²) in [6, 6.07) is 12.2. The maximum atomic E-state index is 12.1. The fraction of sp³-hybridized carbons (Fsp3) is 0.440. The maximum absolute atomic E-state index is 12.1. The molecule has 0 bridgehead atoms. The number of benzene rings is 1. The van der Waals surface area contributed by atoms with Crippen molar-refractivity contribution in [1.29, 1.82) is 0 Å². The van der Waals surface area contributed by atoms with Crippen LogP contribution in [0, 0.1) is 6.92 Å². The summed E-state index contributed by atoms with van der Waals surface area (Å²) in [5.74, 6) is 1.85. The van der Waals surface area contributed by atoms with Crippen LogP contribution in [0.1, 0.15) is 34.9 Å². The molecule has 0 radical (unpaired) electrons. The van der Waals surface area contributed by atoms with Crippen molar-refractivity contribution in [3.8, 4) is 0 Å². The van der Waals surface area contributed by atoms with E-state index in [1.165, 1.54) is 23.1 Å². The van der Waals surface area contributed by atoms with Crippen molar-refractivity contribution in [2.45, 2.75) is 33.5 Å². The number of esters is 1. The molecule has 10 heteroatoms. The van der Waals surface area contributed by atoms with Gasteiger partial charge in [0.05, 0.1) is 25.5 Å². The smallest absolute Gasteiger partial charge is 0.350 e. The van der Waals surface area contributed by atoms with Crippen LogP contribution in [0.4, 0.5) is 16.8 Å². The number of hydrogen-bond donors (Lipinski definition) is 1. The molecule has 0 amide bonds. The molecule has 3 heterocycles. The Morgan fingerprint density at radius 3 is 2.66 bits per heavy atom. The quantitative estimate of drug-likeness (QED) is 0.331. The third-order valence-corrected chi connectivity index (χ3v) is 6.36. The SMILES string of the molecule is Cc1nc(Nc2ncc(C(=O)OC(C)C)s2)cc(N2CCN(CCOCc3ccccc3)CC2)n1. The van der Waals surface area contributed by atoms with E-state index in [9.17, 15) is 4.79 Å². The van der Waals surface area contributed by atoms with Crippen LogP contribution >= 0.6 is 11.3 Å². The maximum Gasteiger partial charge on any atom is 0.350 e. The van der Waals surface area contributed by atoms with Gasteiger partial charge in [0.15, 0.2) is 5.13 Å². The molecule has 0 aliphatic carbocycles. The Bertz CT molecular complexity index is 1100. The van der Waals surface area contributed by atoms with Crippen LogP contribution in [0.5, 0.6) is 0 Å². The van der Waals surface area contributed by atoms with Crippen LogP contribution in [0.15, 0.2) is 42.6 Å². The first kappa shape index (κ1) is 25.0. The Hall–Kier alpha value is -3.08. The summed E-state index contributed by atoms with van der Waals surface area (Å²) >= 11 is 1.24. The first-order valence-electron chi connectivity index (χ1n) is 11.8. The summed E-state index contributed by atoms with van der Waals surface area (Å²) in [6.45, 7) is 11.5. The molecule has 186 valence electrons. The van der Waals surface area contributed by atoms with E-state index in [2.05, 4.69) is 42.2 Å². The number of anilines is 3. The fourth-order valence-corrected chi connectivity index (χ4v) is 4.45. The van der Waals surface area contributed by atoms with Gasteiger partial charge in [-0.1, -0.05) is 41.7 Å². The molecule has 0 unspecified atom stereocenters. The summed E-state index contributed by atoms with van der Waals surface area (Å²) in [5.41, 5.74) is 1.20. The lowest BCUT2D eigenvalue weighted by Gasteiger charge is -2.35. The Morgan fingerprint density at radius 2 is 1.91 bits per heavy atom. The molecule has 4 rings (SSSR count). The van der Waals surface area contributed by atoms with Gasteiger partial charge in [-0.2, -0.15) is 0 Å². The number of carbonyl (C=O) groups excluding carboxylic acids is 1. The minimum absolute atomic E-state index is 0.171. The van der Waals surface area contributed by atoms with Gasteiger partial charge < -0.3 is 19.7 Å². The molecule has 1 N–H and O–H groups in total. The first-order valence-corrected chi connectivity index (χ1v) is 12.7. The first-order chi connectivity index (χ1) is 17.0. The number of carbonyl (C=O) groups is 1. The molecule has 1 aliphatic heterocycles. The number of hydrogen-bond acceptors (Lipinski definition) is 10. The molecule has 1 fully saturated rings. The van der Waals surface area contributed by atoms with Gasteiger partial charge in [0.2, 0.25) is 0 Å². The van der Waals surface area contributed by atoms with Crippen molar-refractivity contribution in [2.75, 3.05) is 49.5 Å². The normalized spacial score (nSPS) is 14.3. The minimum Gasteiger partial charge on any atom is -0.459 e. The van der Waals surface area contributed by atoms with E-state index in [0.717, 1.165) is 45.1 Å². The molecule has 1 aliphatic rings. The summed E-state index contributed by atoms with van der Waals surface area (Å²) in [6.07, 6.45) is 1.35. The van der Waals surface area contributed by atoms with Crippen LogP contribution < -0.4 is 10.2 Å². The van der Waals surface area contributed by atoms with Crippen molar-refractivity contribution < 1.29 is 14.3 Å². The van der Waals surface area contributed by atoms with Crippen LogP contribution in [0.25, 0.3) is 0 Å². The van der Waals surface area contributed by atoms with Crippen LogP contribution in [-0.2, 0) is 16.1 Å². The number of aryl methyl sites for hydroxylation is 1. The van der Waals surface area contributed by atoms with Crippen molar-refractivity contribution in [1.82, 2.24) is 19.9 Å². The van der Waals surface area contributed by atoms with Gasteiger partial charge in [-0.15, -0.1) is 0 Å². The van der Waals surface area contributed by atoms with Crippen molar-refractivity contribution >= 4 is 34.1 Å². The van der Waals surface area contributed by atoms with E-state index in [1.807, 2.05) is 45.0 Å². The van der Waals surface area contributed by atoms with Crippen molar-refractivity contribution in [3.05, 3.63) is 58.9 Å². The number of piperazine rings is 1. The van der Waals surface area contributed by atoms with E-state index < -0.39 is 0 Å². The van der Waals surface area contributed by atoms with E-state index in [0.29, 0.717) is 28.3 Å². The second-order valence-corrected chi connectivity index (χ2v) is 9.66. The van der Waals surface area contributed by atoms with Gasteiger partial charge >= 0.3 is 5.97 Å². The standard InChI is InChI=1S/C25H32N6O3S/c1-18(2)34-24(32)21-16-26-25(35-21)29-22-15-23(28-19(3)27-22)31-11-9-30(10-12-31)13-14-33-17-20-7-5-4-6-8-20/h4-8,15-16,18H,9-14,17H2,1-3H3,(H,26,27,28,29). The number of nitrogens with zero attached hydrogens (tertiary/aromatic N) is 5. The molecule has 1 saturated heterocycles. The summed E-state index contributed by atoms with van der Waals surface area (Å²) in [7, 11) is 0. The molecule has 1 aromatic carbocycles. The molecular formula is C25H32N6O3S. The lowest BCUT2D eigenvalue weighted by molar-refractivity contribution is 0.0383. The molecule has 3 aromatic rings. The zero-order chi connectivity index (χ0) is 24.6. The Labute approximate surface area is 210 Å². The third-order valence-electron chi connectivity index (χ3n) is 5.47. The highest BCUT2D eigenvalue weighted by Gasteiger charge is 2.19. The van der Waals surface area contributed by atoms with Crippen molar-refractivity contribution in [3.63, 3.8) is 0 Å².